The van der Waals surface area contributed by atoms with Gasteiger partial charge in [-0.25, -0.2) is 4.39 Å². The van der Waals surface area contributed by atoms with Crippen molar-refractivity contribution >= 4 is 0 Å². The molecule has 0 aliphatic carbocycles. The summed E-state index contributed by atoms with van der Waals surface area (Å²) in [6.07, 6.45) is 1.80. The van der Waals surface area contributed by atoms with E-state index in [0.29, 0.717) is 13.1 Å². The van der Waals surface area contributed by atoms with Gasteiger partial charge in [-0.2, -0.15) is 0 Å². The van der Waals surface area contributed by atoms with Gasteiger partial charge in [-0.05, 0) is 80.3 Å². The number of rotatable bonds is 9. The Labute approximate surface area is 179 Å². The molecule has 0 spiro atoms. The molecule has 1 aliphatic heterocycles. The zero-order valence-electron chi connectivity index (χ0n) is 18.2. The van der Waals surface area contributed by atoms with Crippen LogP contribution < -0.4 is 10.1 Å². The first-order chi connectivity index (χ1) is 14.3. The van der Waals surface area contributed by atoms with Crippen molar-refractivity contribution in [3.05, 3.63) is 64.5 Å². The average Bonchev–Trinajstić information content (AvgIpc) is 2.73. The number of aliphatic hydroxyl groups is 2. The van der Waals surface area contributed by atoms with E-state index in [0.717, 1.165) is 42.6 Å². The predicted molar refractivity (Wildman–Crippen MR) is 117 cm³/mol. The Balaban J connectivity index is 1.39. The van der Waals surface area contributed by atoms with Gasteiger partial charge in [0.1, 0.15) is 23.8 Å². The van der Waals surface area contributed by atoms with E-state index in [1.54, 1.807) is 12.1 Å². The molecule has 5 heteroatoms. The van der Waals surface area contributed by atoms with Crippen LogP contribution in [0.3, 0.4) is 0 Å². The highest BCUT2D eigenvalue weighted by molar-refractivity contribution is 5.38. The summed E-state index contributed by atoms with van der Waals surface area (Å²) in [5.41, 5.74) is 4.48. The summed E-state index contributed by atoms with van der Waals surface area (Å²) in [7, 11) is 0. The van der Waals surface area contributed by atoms with Gasteiger partial charge in [0.25, 0.3) is 0 Å². The van der Waals surface area contributed by atoms with E-state index in [-0.39, 0.29) is 17.8 Å². The van der Waals surface area contributed by atoms with Crippen molar-refractivity contribution in [2.75, 3.05) is 13.1 Å². The Morgan fingerprint density at radius 1 is 1.13 bits per heavy atom. The van der Waals surface area contributed by atoms with Crippen LogP contribution in [0.2, 0.25) is 0 Å². The maximum atomic E-state index is 13.4. The Kier molecular flexibility index (Phi) is 7.87. The predicted octanol–water partition coefficient (Wildman–Crippen LogP) is 3.72. The third-order valence-electron chi connectivity index (χ3n) is 6.17. The van der Waals surface area contributed by atoms with Gasteiger partial charge < -0.3 is 20.3 Å². The van der Waals surface area contributed by atoms with Crippen molar-refractivity contribution in [1.82, 2.24) is 5.32 Å². The molecular formula is C25H34FNO3. The second-order valence-electron chi connectivity index (χ2n) is 8.69. The summed E-state index contributed by atoms with van der Waals surface area (Å²) in [6.45, 7) is 6.82. The monoisotopic (exact) mass is 415 g/mol. The molecule has 3 N–H and O–H groups in total. The fourth-order valence-electron chi connectivity index (χ4n) is 4.01. The van der Waals surface area contributed by atoms with Crippen LogP contribution in [0.25, 0.3) is 0 Å². The van der Waals surface area contributed by atoms with Gasteiger partial charge in [0.2, 0.25) is 0 Å². The SMILES string of the molecule is Cc1ccc2c(c1)CC[C@H]([C@@H](O)CNC[C@H](O)[C@@H](C)CCc1cc(F)ccc1C)O2. The molecular weight excluding hydrogens is 381 g/mol. The molecule has 2 aromatic carbocycles. The van der Waals surface area contributed by atoms with Crippen molar-refractivity contribution in [3.63, 3.8) is 0 Å². The Morgan fingerprint density at radius 3 is 2.73 bits per heavy atom. The summed E-state index contributed by atoms with van der Waals surface area (Å²) in [4.78, 5) is 0. The van der Waals surface area contributed by atoms with E-state index in [4.69, 9.17) is 4.74 Å². The van der Waals surface area contributed by atoms with Crippen molar-refractivity contribution < 1.29 is 19.3 Å². The van der Waals surface area contributed by atoms with Crippen LogP contribution in [0.4, 0.5) is 4.39 Å². The number of benzene rings is 2. The number of aryl methyl sites for hydroxylation is 4. The van der Waals surface area contributed by atoms with Crippen LogP contribution >= 0.6 is 0 Å². The van der Waals surface area contributed by atoms with Crippen LogP contribution in [-0.4, -0.2) is 41.6 Å². The quantitative estimate of drug-likeness (QED) is 0.584. The average molecular weight is 416 g/mol. The lowest BCUT2D eigenvalue weighted by Crippen LogP contribution is -2.44. The molecule has 0 aromatic heterocycles. The van der Waals surface area contributed by atoms with Crippen LogP contribution in [0.5, 0.6) is 5.75 Å². The van der Waals surface area contributed by atoms with Gasteiger partial charge in [0.05, 0.1) is 6.10 Å². The van der Waals surface area contributed by atoms with Crippen molar-refractivity contribution in [3.8, 4) is 5.75 Å². The van der Waals surface area contributed by atoms with E-state index in [9.17, 15) is 14.6 Å². The van der Waals surface area contributed by atoms with Crippen LogP contribution in [0, 0.1) is 25.6 Å². The van der Waals surface area contributed by atoms with E-state index >= 15 is 0 Å². The second-order valence-corrected chi connectivity index (χ2v) is 8.69. The van der Waals surface area contributed by atoms with E-state index in [1.807, 2.05) is 26.0 Å². The lowest BCUT2D eigenvalue weighted by molar-refractivity contribution is 0.0211. The van der Waals surface area contributed by atoms with Crippen LogP contribution in [0.1, 0.15) is 42.0 Å². The minimum absolute atomic E-state index is 0.0679. The highest BCUT2D eigenvalue weighted by atomic mass is 19.1. The Bertz CT molecular complexity index is 841. The molecule has 2 aromatic rings. The van der Waals surface area contributed by atoms with Gasteiger partial charge in [-0.1, -0.05) is 30.7 Å². The maximum absolute atomic E-state index is 13.4. The normalized spacial score (nSPS) is 18.9. The molecule has 0 radical (unpaired) electrons. The second kappa shape index (κ2) is 10.4. The molecule has 164 valence electrons. The lowest BCUT2D eigenvalue weighted by atomic mass is 9.94. The summed E-state index contributed by atoms with van der Waals surface area (Å²) >= 11 is 0. The first kappa shape index (κ1) is 22.7. The summed E-state index contributed by atoms with van der Waals surface area (Å²) < 4.78 is 19.4. The molecule has 1 aliphatic rings. The third kappa shape index (κ3) is 6.03. The number of hydrogen-bond donors (Lipinski definition) is 3. The zero-order valence-corrected chi connectivity index (χ0v) is 18.2. The molecule has 4 nitrogen and oxygen atoms in total. The Hall–Kier alpha value is -1.95. The number of aliphatic hydroxyl groups excluding tert-OH is 2. The molecule has 1 heterocycles. The fourth-order valence-corrected chi connectivity index (χ4v) is 4.01. The number of nitrogens with one attached hydrogen (secondary N) is 1. The van der Waals surface area contributed by atoms with Gasteiger partial charge in [-0.3, -0.25) is 0 Å². The maximum Gasteiger partial charge on any atom is 0.126 e. The summed E-state index contributed by atoms with van der Waals surface area (Å²) in [6, 6.07) is 11.0. The van der Waals surface area contributed by atoms with Crippen molar-refractivity contribution in [2.24, 2.45) is 5.92 Å². The Morgan fingerprint density at radius 2 is 1.93 bits per heavy atom. The molecule has 4 atom stereocenters. The lowest BCUT2D eigenvalue weighted by Gasteiger charge is -2.30. The van der Waals surface area contributed by atoms with Crippen molar-refractivity contribution in [1.29, 1.82) is 0 Å². The molecule has 0 unspecified atom stereocenters. The summed E-state index contributed by atoms with van der Waals surface area (Å²) in [5.74, 6) is 0.706. The van der Waals surface area contributed by atoms with E-state index < -0.39 is 12.2 Å². The molecule has 30 heavy (non-hydrogen) atoms. The smallest absolute Gasteiger partial charge is 0.126 e. The molecule has 0 bridgehead atoms. The van der Waals surface area contributed by atoms with Gasteiger partial charge in [-0.15, -0.1) is 0 Å². The fraction of sp³-hybridized carbons (Fsp3) is 0.520. The van der Waals surface area contributed by atoms with Crippen LogP contribution in [-0.2, 0) is 12.8 Å². The van der Waals surface area contributed by atoms with Gasteiger partial charge >= 0.3 is 0 Å². The molecule has 0 fully saturated rings. The van der Waals surface area contributed by atoms with E-state index in [2.05, 4.69) is 18.3 Å². The highest BCUT2D eigenvalue weighted by Gasteiger charge is 2.26. The zero-order chi connectivity index (χ0) is 21.7. The molecule has 0 saturated heterocycles. The molecule has 0 saturated carbocycles. The number of halogens is 1. The molecule has 3 rings (SSSR count). The van der Waals surface area contributed by atoms with Gasteiger partial charge in [0, 0.05) is 13.1 Å². The largest absolute Gasteiger partial charge is 0.487 e. The summed E-state index contributed by atoms with van der Waals surface area (Å²) in [5, 5.41) is 24.1. The first-order valence-corrected chi connectivity index (χ1v) is 10.9. The minimum atomic E-state index is -0.628. The van der Waals surface area contributed by atoms with Gasteiger partial charge in [0.15, 0.2) is 0 Å². The standard InChI is InChI=1S/C25H34FNO3/c1-16-4-10-24-20(12-16)8-11-25(30-24)23(29)15-27-14-22(28)18(3)5-7-19-13-21(26)9-6-17(19)2/h4,6,9-10,12-13,18,22-23,25,27-29H,5,7-8,11,14-15H2,1-3H3/t18-,22-,23-,25+/m0/s1. The minimum Gasteiger partial charge on any atom is -0.487 e. The highest BCUT2D eigenvalue weighted by Crippen LogP contribution is 2.29. The van der Waals surface area contributed by atoms with Crippen LogP contribution in [0.15, 0.2) is 36.4 Å². The number of fused-ring (bicyclic) bond motifs is 1. The number of hydrogen-bond acceptors (Lipinski definition) is 4. The molecule has 0 amide bonds. The third-order valence-corrected chi connectivity index (χ3v) is 6.17. The first-order valence-electron chi connectivity index (χ1n) is 10.9. The number of ether oxygens (including phenoxy) is 1. The van der Waals surface area contributed by atoms with E-state index in [1.165, 1.54) is 17.2 Å². The van der Waals surface area contributed by atoms with Crippen molar-refractivity contribution in [2.45, 2.75) is 64.8 Å². The topological polar surface area (TPSA) is 61.7 Å².